The van der Waals surface area contributed by atoms with E-state index in [0.717, 1.165) is 12.0 Å². The number of halogens is 1. The van der Waals surface area contributed by atoms with Gasteiger partial charge in [0.2, 0.25) is 10.0 Å². The molecule has 0 aliphatic carbocycles. The van der Waals surface area contributed by atoms with Gasteiger partial charge in [0.15, 0.2) is 0 Å². The summed E-state index contributed by atoms with van der Waals surface area (Å²) in [5.41, 5.74) is 1.81. The first kappa shape index (κ1) is 20.2. The molecule has 7 nitrogen and oxygen atoms in total. The second kappa shape index (κ2) is 8.24. The molecule has 1 aliphatic rings. The number of nitrogens with one attached hydrogen (secondary N) is 1. The molecule has 0 saturated carbocycles. The first-order valence-electron chi connectivity index (χ1n) is 8.98. The maximum atomic E-state index is 14.2. The van der Waals surface area contributed by atoms with Crippen LogP contribution in [0.3, 0.4) is 0 Å². The lowest BCUT2D eigenvalue weighted by molar-refractivity contribution is -0.384. The molecule has 3 rings (SSSR count). The van der Waals surface area contributed by atoms with Crippen LogP contribution in [0.4, 0.5) is 15.8 Å². The van der Waals surface area contributed by atoms with Gasteiger partial charge < -0.3 is 4.90 Å². The van der Waals surface area contributed by atoms with E-state index < -0.39 is 14.9 Å². The van der Waals surface area contributed by atoms with Crippen LogP contribution in [0.25, 0.3) is 0 Å². The summed E-state index contributed by atoms with van der Waals surface area (Å²) in [4.78, 5) is 12.0. The zero-order valence-electron chi connectivity index (χ0n) is 15.5. The van der Waals surface area contributed by atoms with Crippen molar-refractivity contribution in [2.45, 2.75) is 31.6 Å². The fraction of sp³-hybridized carbons (Fsp3) is 0.368. The molecule has 0 radical (unpaired) electrons. The lowest BCUT2D eigenvalue weighted by Gasteiger charge is -2.35. The Labute approximate surface area is 163 Å². The van der Waals surface area contributed by atoms with Crippen LogP contribution in [0.15, 0.2) is 42.5 Å². The van der Waals surface area contributed by atoms with Gasteiger partial charge in [-0.3, -0.25) is 10.1 Å². The van der Waals surface area contributed by atoms with Crippen molar-refractivity contribution in [1.29, 1.82) is 0 Å². The highest BCUT2D eigenvalue weighted by atomic mass is 32.2. The Morgan fingerprint density at radius 3 is 2.64 bits per heavy atom. The Morgan fingerprint density at radius 1 is 1.25 bits per heavy atom. The number of nitro groups is 1. The predicted molar refractivity (Wildman–Crippen MR) is 105 cm³/mol. The maximum absolute atomic E-state index is 14.2. The van der Waals surface area contributed by atoms with Crippen LogP contribution in [0, 0.1) is 22.9 Å². The van der Waals surface area contributed by atoms with Crippen molar-refractivity contribution in [1.82, 2.24) is 4.72 Å². The van der Waals surface area contributed by atoms with Crippen molar-refractivity contribution in [2.24, 2.45) is 0 Å². The first-order chi connectivity index (χ1) is 13.2. The minimum Gasteiger partial charge on any atom is -0.368 e. The SMILES string of the molecule is Cc1ccc(F)c(N2CCCC(NS(=O)(=O)Cc3ccc([N+](=O)[O-])cc3)C2)c1. The summed E-state index contributed by atoms with van der Waals surface area (Å²) in [6, 6.07) is 10.0. The number of piperidine rings is 1. The van der Waals surface area contributed by atoms with E-state index in [1.165, 1.54) is 30.3 Å². The summed E-state index contributed by atoms with van der Waals surface area (Å²) < 4.78 is 41.9. The molecule has 0 aromatic heterocycles. The molecule has 2 aromatic carbocycles. The van der Waals surface area contributed by atoms with Gasteiger partial charge in [-0.2, -0.15) is 0 Å². The third-order valence-corrected chi connectivity index (χ3v) is 6.12. The van der Waals surface area contributed by atoms with E-state index in [9.17, 15) is 22.9 Å². The largest absolute Gasteiger partial charge is 0.368 e. The molecule has 1 N–H and O–H groups in total. The number of benzene rings is 2. The van der Waals surface area contributed by atoms with Crippen LogP contribution < -0.4 is 9.62 Å². The minimum absolute atomic E-state index is 0.0859. The van der Waals surface area contributed by atoms with Gasteiger partial charge in [-0.25, -0.2) is 17.5 Å². The molecule has 9 heteroatoms. The van der Waals surface area contributed by atoms with Gasteiger partial charge in [0.25, 0.3) is 5.69 Å². The van der Waals surface area contributed by atoms with E-state index in [1.54, 1.807) is 12.1 Å². The van der Waals surface area contributed by atoms with Gasteiger partial charge in [0, 0.05) is 31.3 Å². The Bertz CT molecular complexity index is 964. The van der Waals surface area contributed by atoms with Crippen LogP contribution in [-0.2, 0) is 15.8 Å². The Hall–Kier alpha value is -2.52. The third kappa shape index (κ3) is 5.05. The molecule has 2 aromatic rings. The standard InChI is InChI=1S/C19H22FN3O4S/c1-14-4-9-18(20)19(11-14)22-10-2-3-16(12-22)21-28(26,27)13-15-5-7-17(8-6-15)23(24)25/h4-9,11,16,21H,2-3,10,12-13H2,1H3. The Kier molecular flexibility index (Phi) is 5.95. The minimum atomic E-state index is -3.63. The average molecular weight is 407 g/mol. The quantitative estimate of drug-likeness (QED) is 0.587. The van der Waals surface area contributed by atoms with E-state index in [0.29, 0.717) is 30.8 Å². The lowest BCUT2D eigenvalue weighted by Crippen LogP contribution is -2.48. The number of aryl methyl sites for hydroxylation is 1. The average Bonchev–Trinajstić information content (AvgIpc) is 2.63. The topological polar surface area (TPSA) is 92.6 Å². The molecule has 1 unspecified atom stereocenters. The molecular formula is C19H22FN3O4S. The number of nitrogens with zero attached hydrogens (tertiary/aromatic N) is 2. The summed E-state index contributed by atoms with van der Waals surface area (Å²) in [5.74, 6) is -0.583. The first-order valence-corrected chi connectivity index (χ1v) is 10.6. The van der Waals surface area contributed by atoms with E-state index in [4.69, 9.17) is 0 Å². The fourth-order valence-corrected chi connectivity index (χ4v) is 4.80. The highest BCUT2D eigenvalue weighted by Crippen LogP contribution is 2.25. The summed E-state index contributed by atoms with van der Waals surface area (Å²) in [7, 11) is -3.63. The smallest absolute Gasteiger partial charge is 0.269 e. The van der Waals surface area contributed by atoms with Crippen molar-refractivity contribution in [3.05, 3.63) is 69.5 Å². The number of rotatable bonds is 6. The Balaban J connectivity index is 1.66. The number of hydrogen-bond acceptors (Lipinski definition) is 5. The van der Waals surface area contributed by atoms with Crippen LogP contribution in [-0.4, -0.2) is 32.5 Å². The third-order valence-electron chi connectivity index (χ3n) is 4.71. The molecule has 1 fully saturated rings. The van der Waals surface area contributed by atoms with Gasteiger partial charge in [-0.05, 0) is 43.0 Å². The highest BCUT2D eigenvalue weighted by molar-refractivity contribution is 7.88. The van der Waals surface area contributed by atoms with E-state index in [-0.39, 0.29) is 23.3 Å². The van der Waals surface area contributed by atoms with Crippen molar-refractivity contribution in [2.75, 3.05) is 18.0 Å². The summed E-state index contributed by atoms with van der Waals surface area (Å²) >= 11 is 0. The normalized spacial score (nSPS) is 17.5. The highest BCUT2D eigenvalue weighted by Gasteiger charge is 2.26. The molecule has 0 spiro atoms. The number of sulfonamides is 1. The molecule has 0 bridgehead atoms. The predicted octanol–water partition coefficient (Wildman–Crippen LogP) is 3.13. The summed E-state index contributed by atoms with van der Waals surface area (Å²) in [6.07, 6.45) is 1.42. The maximum Gasteiger partial charge on any atom is 0.269 e. The molecule has 28 heavy (non-hydrogen) atoms. The number of hydrogen-bond donors (Lipinski definition) is 1. The molecule has 1 heterocycles. The van der Waals surface area contributed by atoms with Crippen molar-refractivity contribution < 1.29 is 17.7 Å². The zero-order valence-corrected chi connectivity index (χ0v) is 16.3. The van der Waals surface area contributed by atoms with E-state index in [2.05, 4.69) is 4.72 Å². The number of nitro benzene ring substituents is 1. The summed E-state index contributed by atoms with van der Waals surface area (Å²) in [6.45, 7) is 2.94. The molecule has 1 atom stereocenters. The second-order valence-corrected chi connectivity index (χ2v) is 8.79. The number of anilines is 1. The van der Waals surface area contributed by atoms with Crippen LogP contribution in [0.5, 0.6) is 0 Å². The zero-order chi connectivity index (χ0) is 20.3. The van der Waals surface area contributed by atoms with Crippen LogP contribution in [0.1, 0.15) is 24.0 Å². The van der Waals surface area contributed by atoms with Crippen molar-refractivity contribution >= 4 is 21.4 Å². The molecule has 1 saturated heterocycles. The van der Waals surface area contributed by atoms with Gasteiger partial charge in [0.05, 0.1) is 16.4 Å². The Morgan fingerprint density at radius 2 is 1.96 bits per heavy atom. The summed E-state index contributed by atoms with van der Waals surface area (Å²) in [5, 5.41) is 10.7. The van der Waals surface area contributed by atoms with E-state index >= 15 is 0 Å². The fourth-order valence-electron chi connectivity index (χ4n) is 3.39. The van der Waals surface area contributed by atoms with E-state index in [1.807, 2.05) is 11.8 Å². The van der Waals surface area contributed by atoms with Crippen LogP contribution in [0.2, 0.25) is 0 Å². The lowest BCUT2D eigenvalue weighted by atomic mass is 10.1. The molecule has 0 amide bonds. The van der Waals surface area contributed by atoms with Gasteiger partial charge in [-0.1, -0.05) is 18.2 Å². The second-order valence-electron chi connectivity index (χ2n) is 7.04. The monoisotopic (exact) mass is 407 g/mol. The van der Waals surface area contributed by atoms with Gasteiger partial charge in [0.1, 0.15) is 5.82 Å². The van der Waals surface area contributed by atoms with Crippen LogP contribution >= 0.6 is 0 Å². The number of non-ortho nitro benzene ring substituents is 1. The van der Waals surface area contributed by atoms with Crippen molar-refractivity contribution in [3.8, 4) is 0 Å². The molecular weight excluding hydrogens is 385 g/mol. The molecule has 1 aliphatic heterocycles. The van der Waals surface area contributed by atoms with Gasteiger partial charge in [-0.15, -0.1) is 0 Å². The molecule has 150 valence electrons. The van der Waals surface area contributed by atoms with Gasteiger partial charge >= 0.3 is 0 Å². The van der Waals surface area contributed by atoms with Crippen molar-refractivity contribution in [3.63, 3.8) is 0 Å².